The van der Waals surface area contributed by atoms with Crippen molar-refractivity contribution in [2.75, 3.05) is 19.5 Å². The number of carbonyl (C=O) groups excluding carboxylic acids is 1. The van der Waals surface area contributed by atoms with Crippen LogP contribution >= 0.6 is 0 Å². The number of methoxy groups -OCH3 is 1. The zero-order chi connectivity index (χ0) is 15.2. The minimum atomic E-state index is -0.0726. The number of aryl methyl sites for hydroxylation is 1. The normalized spacial score (nSPS) is 10.0. The zero-order valence-corrected chi connectivity index (χ0v) is 12.6. The number of hydrogen-bond donors (Lipinski definition) is 2. The molecule has 0 aliphatic carbocycles. The van der Waals surface area contributed by atoms with Crippen LogP contribution in [-0.4, -0.2) is 20.1 Å². The predicted molar refractivity (Wildman–Crippen MR) is 84.9 cm³/mol. The van der Waals surface area contributed by atoms with Gasteiger partial charge in [0.2, 0.25) is 0 Å². The molecule has 4 heteroatoms. The van der Waals surface area contributed by atoms with Crippen LogP contribution in [0.1, 0.15) is 21.5 Å². The average molecular weight is 284 g/mol. The molecule has 0 unspecified atom stereocenters. The number of anilines is 1. The van der Waals surface area contributed by atoms with E-state index in [4.69, 9.17) is 4.74 Å². The molecule has 0 aliphatic heterocycles. The van der Waals surface area contributed by atoms with E-state index in [1.54, 1.807) is 7.11 Å². The Labute approximate surface area is 125 Å². The highest BCUT2D eigenvalue weighted by Gasteiger charge is 2.07. The van der Waals surface area contributed by atoms with E-state index >= 15 is 0 Å². The van der Waals surface area contributed by atoms with Crippen LogP contribution in [0, 0.1) is 6.92 Å². The second-order valence-electron chi connectivity index (χ2n) is 4.81. The molecule has 1 amide bonds. The molecule has 21 heavy (non-hydrogen) atoms. The SMILES string of the molecule is CNc1ccc(C(=O)NCc2ccc(OC)cc2)cc1C. The van der Waals surface area contributed by atoms with Gasteiger partial charge in [-0.15, -0.1) is 0 Å². The molecule has 4 nitrogen and oxygen atoms in total. The van der Waals surface area contributed by atoms with Crippen molar-refractivity contribution in [3.8, 4) is 5.75 Å². The maximum absolute atomic E-state index is 12.1. The smallest absolute Gasteiger partial charge is 0.251 e. The van der Waals surface area contributed by atoms with Gasteiger partial charge in [0.05, 0.1) is 7.11 Å². The number of rotatable bonds is 5. The summed E-state index contributed by atoms with van der Waals surface area (Å²) in [7, 11) is 3.50. The molecular formula is C17H20N2O2. The van der Waals surface area contributed by atoms with Gasteiger partial charge in [0.1, 0.15) is 5.75 Å². The Hall–Kier alpha value is -2.49. The molecule has 0 spiro atoms. The summed E-state index contributed by atoms with van der Waals surface area (Å²) in [6.45, 7) is 2.47. The number of benzene rings is 2. The lowest BCUT2D eigenvalue weighted by Gasteiger charge is -2.09. The fraction of sp³-hybridized carbons (Fsp3) is 0.235. The molecule has 0 heterocycles. The Morgan fingerprint density at radius 1 is 1.14 bits per heavy atom. The number of carbonyl (C=O) groups is 1. The van der Waals surface area contributed by atoms with Gasteiger partial charge in [-0.25, -0.2) is 0 Å². The summed E-state index contributed by atoms with van der Waals surface area (Å²) >= 11 is 0. The first-order chi connectivity index (χ1) is 10.1. The first kappa shape index (κ1) is 14.9. The molecule has 2 aromatic carbocycles. The van der Waals surface area contributed by atoms with Crippen molar-refractivity contribution in [2.24, 2.45) is 0 Å². The van der Waals surface area contributed by atoms with Crippen LogP contribution in [0.5, 0.6) is 5.75 Å². The van der Waals surface area contributed by atoms with E-state index in [1.807, 2.05) is 56.4 Å². The number of amides is 1. The van der Waals surface area contributed by atoms with Crippen LogP contribution in [-0.2, 0) is 6.54 Å². The van der Waals surface area contributed by atoms with Crippen molar-refractivity contribution in [3.63, 3.8) is 0 Å². The van der Waals surface area contributed by atoms with E-state index < -0.39 is 0 Å². The predicted octanol–water partition coefficient (Wildman–Crippen LogP) is 2.98. The first-order valence-corrected chi connectivity index (χ1v) is 6.83. The van der Waals surface area contributed by atoms with Gasteiger partial charge in [0.25, 0.3) is 5.91 Å². The van der Waals surface area contributed by atoms with Crippen molar-refractivity contribution >= 4 is 11.6 Å². The van der Waals surface area contributed by atoms with Crippen LogP contribution < -0.4 is 15.4 Å². The topological polar surface area (TPSA) is 50.4 Å². The van der Waals surface area contributed by atoms with Crippen LogP contribution in [0.25, 0.3) is 0 Å². The van der Waals surface area contributed by atoms with Gasteiger partial charge in [-0.1, -0.05) is 12.1 Å². The minimum absolute atomic E-state index is 0.0726. The van der Waals surface area contributed by atoms with E-state index in [0.29, 0.717) is 12.1 Å². The second kappa shape index (κ2) is 6.79. The van der Waals surface area contributed by atoms with E-state index in [1.165, 1.54) is 0 Å². The van der Waals surface area contributed by atoms with Crippen molar-refractivity contribution in [1.82, 2.24) is 5.32 Å². The number of ether oxygens (including phenoxy) is 1. The molecule has 2 aromatic rings. The first-order valence-electron chi connectivity index (χ1n) is 6.83. The molecule has 0 radical (unpaired) electrons. The Kier molecular flexibility index (Phi) is 4.82. The molecule has 0 bridgehead atoms. The van der Waals surface area contributed by atoms with Gasteiger partial charge in [-0.05, 0) is 48.4 Å². The Morgan fingerprint density at radius 2 is 1.86 bits per heavy atom. The fourth-order valence-electron chi connectivity index (χ4n) is 2.11. The molecule has 0 fully saturated rings. The summed E-state index contributed by atoms with van der Waals surface area (Å²) in [5, 5.41) is 6.00. The lowest BCUT2D eigenvalue weighted by molar-refractivity contribution is 0.0951. The summed E-state index contributed by atoms with van der Waals surface area (Å²) in [5.41, 5.74) is 3.78. The van der Waals surface area contributed by atoms with Gasteiger partial charge in [-0.2, -0.15) is 0 Å². The molecule has 0 atom stereocenters. The molecule has 0 saturated heterocycles. The fourth-order valence-corrected chi connectivity index (χ4v) is 2.11. The van der Waals surface area contributed by atoms with Crippen LogP contribution in [0.2, 0.25) is 0 Å². The monoisotopic (exact) mass is 284 g/mol. The third-order valence-electron chi connectivity index (χ3n) is 3.37. The highest BCUT2D eigenvalue weighted by atomic mass is 16.5. The van der Waals surface area contributed by atoms with E-state index in [0.717, 1.165) is 22.6 Å². The lowest BCUT2D eigenvalue weighted by Crippen LogP contribution is -2.22. The molecule has 0 aromatic heterocycles. The third kappa shape index (κ3) is 3.75. The van der Waals surface area contributed by atoms with Gasteiger partial charge in [-0.3, -0.25) is 4.79 Å². The maximum Gasteiger partial charge on any atom is 0.251 e. The Bertz CT molecular complexity index is 621. The van der Waals surface area contributed by atoms with E-state index in [-0.39, 0.29) is 5.91 Å². The minimum Gasteiger partial charge on any atom is -0.497 e. The van der Waals surface area contributed by atoms with Crippen molar-refractivity contribution in [2.45, 2.75) is 13.5 Å². The number of nitrogens with one attached hydrogen (secondary N) is 2. The van der Waals surface area contributed by atoms with Gasteiger partial charge in [0.15, 0.2) is 0 Å². The summed E-state index contributed by atoms with van der Waals surface area (Å²) < 4.78 is 5.11. The second-order valence-corrected chi connectivity index (χ2v) is 4.81. The lowest BCUT2D eigenvalue weighted by atomic mass is 10.1. The van der Waals surface area contributed by atoms with Crippen molar-refractivity contribution in [3.05, 3.63) is 59.2 Å². The highest BCUT2D eigenvalue weighted by molar-refractivity contribution is 5.94. The van der Waals surface area contributed by atoms with Crippen LogP contribution in [0.15, 0.2) is 42.5 Å². The zero-order valence-electron chi connectivity index (χ0n) is 12.6. The molecule has 0 saturated carbocycles. The average Bonchev–Trinajstić information content (AvgIpc) is 2.53. The molecule has 110 valence electrons. The maximum atomic E-state index is 12.1. The highest BCUT2D eigenvalue weighted by Crippen LogP contribution is 2.16. The molecular weight excluding hydrogens is 264 g/mol. The third-order valence-corrected chi connectivity index (χ3v) is 3.37. The van der Waals surface area contributed by atoms with Crippen molar-refractivity contribution in [1.29, 1.82) is 0 Å². The van der Waals surface area contributed by atoms with Crippen LogP contribution in [0.3, 0.4) is 0 Å². The Morgan fingerprint density at radius 3 is 2.43 bits per heavy atom. The number of hydrogen-bond acceptors (Lipinski definition) is 3. The summed E-state index contributed by atoms with van der Waals surface area (Å²) in [6.07, 6.45) is 0. The van der Waals surface area contributed by atoms with Crippen LogP contribution in [0.4, 0.5) is 5.69 Å². The summed E-state index contributed by atoms with van der Waals surface area (Å²) in [4.78, 5) is 12.1. The van der Waals surface area contributed by atoms with Gasteiger partial charge in [0, 0.05) is 24.8 Å². The molecule has 2 rings (SSSR count). The van der Waals surface area contributed by atoms with E-state index in [2.05, 4.69) is 10.6 Å². The van der Waals surface area contributed by atoms with E-state index in [9.17, 15) is 4.79 Å². The summed E-state index contributed by atoms with van der Waals surface area (Å²) in [6, 6.07) is 13.3. The Balaban J connectivity index is 1.99. The summed E-state index contributed by atoms with van der Waals surface area (Å²) in [5.74, 6) is 0.736. The van der Waals surface area contributed by atoms with Gasteiger partial charge < -0.3 is 15.4 Å². The van der Waals surface area contributed by atoms with Gasteiger partial charge >= 0.3 is 0 Å². The largest absolute Gasteiger partial charge is 0.497 e. The molecule has 2 N–H and O–H groups in total. The standard InChI is InChI=1S/C17H20N2O2/c1-12-10-14(6-9-16(12)18-2)17(20)19-11-13-4-7-15(21-3)8-5-13/h4-10,18H,11H2,1-3H3,(H,19,20). The molecule has 0 aliphatic rings. The quantitative estimate of drug-likeness (QED) is 0.887. The van der Waals surface area contributed by atoms with Crippen molar-refractivity contribution < 1.29 is 9.53 Å².